The van der Waals surface area contributed by atoms with Crippen LogP contribution >= 0.6 is 0 Å². The molecule has 0 aliphatic carbocycles. The van der Waals surface area contributed by atoms with Crippen LogP contribution in [0.1, 0.15) is 48.1 Å². The maximum Gasteiger partial charge on any atom is 0.416 e. The Bertz CT molecular complexity index is 1110. The molecule has 180 valence electrons. The summed E-state index contributed by atoms with van der Waals surface area (Å²) in [6, 6.07) is 14.6. The Morgan fingerprint density at radius 2 is 1.53 bits per heavy atom. The standard InChI is InChI=1S/C26H27F3N2O3/c1-16(2)33-17(3)15-21-9-14-24(18(4)30-21)25(32)31-20-7-12-23(13-8-20)34-22-10-5-19(6-11-22)26(27,28)29/h5-14,16-17H,15H2,1-4H3,(H,31,32). The van der Waals surface area contributed by atoms with Crippen LogP contribution in [0.2, 0.25) is 0 Å². The van der Waals surface area contributed by atoms with Gasteiger partial charge >= 0.3 is 6.18 Å². The fraction of sp³-hybridized carbons (Fsp3) is 0.308. The van der Waals surface area contributed by atoms with E-state index >= 15 is 0 Å². The van der Waals surface area contributed by atoms with E-state index in [0.29, 0.717) is 29.1 Å². The van der Waals surface area contributed by atoms with Crippen molar-refractivity contribution < 1.29 is 27.4 Å². The number of benzene rings is 2. The largest absolute Gasteiger partial charge is 0.457 e. The van der Waals surface area contributed by atoms with Crippen LogP contribution in [0.15, 0.2) is 60.7 Å². The molecule has 1 aromatic heterocycles. The molecule has 0 saturated heterocycles. The second-order valence-corrected chi connectivity index (χ2v) is 8.24. The zero-order valence-electron chi connectivity index (χ0n) is 19.4. The van der Waals surface area contributed by atoms with Crippen molar-refractivity contribution in [1.82, 2.24) is 4.98 Å². The minimum absolute atomic E-state index is 0.0230. The monoisotopic (exact) mass is 472 g/mol. The van der Waals surface area contributed by atoms with Gasteiger partial charge in [-0.25, -0.2) is 0 Å². The van der Waals surface area contributed by atoms with E-state index < -0.39 is 11.7 Å². The minimum atomic E-state index is -4.40. The van der Waals surface area contributed by atoms with Crippen LogP contribution in [0, 0.1) is 6.92 Å². The van der Waals surface area contributed by atoms with E-state index in [1.165, 1.54) is 12.1 Å². The third kappa shape index (κ3) is 7.05. The molecule has 0 spiro atoms. The topological polar surface area (TPSA) is 60.5 Å². The first kappa shape index (κ1) is 25.2. The van der Waals surface area contributed by atoms with Crippen molar-refractivity contribution in [3.05, 3.63) is 83.2 Å². The number of nitrogens with zero attached hydrogens (tertiary/aromatic N) is 1. The van der Waals surface area contributed by atoms with Crippen molar-refractivity contribution in [1.29, 1.82) is 0 Å². The van der Waals surface area contributed by atoms with Gasteiger partial charge in [0.1, 0.15) is 11.5 Å². The first-order valence-corrected chi connectivity index (χ1v) is 10.9. The molecular formula is C26H27F3N2O3. The highest BCUT2D eigenvalue weighted by Gasteiger charge is 2.30. The molecule has 0 bridgehead atoms. The van der Waals surface area contributed by atoms with Gasteiger partial charge in [-0.3, -0.25) is 9.78 Å². The predicted octanol–water partition coefficient (Wildman–Crippen LogP) is 6.81. The molecule has 0 aliphatic heterocycles. The molecule has 34 heavy (non-hydrogen) atoms. The van der Waals surface area contributed by atoms with E-state index in [9.17, 15) is 18.0 Å². The number of aromatic nitrogens is 1. The van der Waals surface area contributed by atoms with Gasteiger partial charge in [-0.15, -0.1) is 0 Å². The van der Waals surface area contributed by atoms with Gasteiger partial charge in [-0.2, -0.15) is 13.2 Å². The van der Waals surface area contributed by atoms with Crippen molar-refractivity contribution in [3.63, 3.8) is 0 Å². The van der Waals surface area contributed by atoms with E-state index in [1.54, 1.807) is 37.3 Å². The molecule has 1 atom stereocenters. The summed E-state index contributed by atoms with van der Waals surface area (Å²) in [6.07, 6.45) is -3.59. The first-order valence-electron chi connectivity index (χ1n) is 10.9. The molecule has 0 fully saturated rings. The molecule has 1 amide bonds. The van der Waals surface area contributed by atoms with Crippen LogP contribution in [-0.2, 0) is 17.3 Å². The van der Waals surface area contributed by atoms with E-state index in [4.69, 9.17) is 9.47 Å². The van der Waals surface area contributed by atoms with E-state index in [1.807, 2.05) is 26.8 Å². The first-order chi connectivity index (χ1) is 16.0. The predicted molar refractivity (Wildman–Crippen MR) is 124 cm³/mol. The third-order valence-electron chi connectivity index (χ3n) is 4.92. The number of amides is 1. The van der Waals surface area contributed by atoms with E-state index in [-0.39, 0.29) is 23.9 Å². The number of halogens is 3. The Morgan fingerprint density at radius 3 is 2.06 bits per heavy atom. The second kappa shape index (κ2) is 10.7. The van der Waals surface area contributed by atoms with E-state index in [2.05, 4.69) is 10.3 Å². The number of nitrogens with one attached hydrogen (secondary N) is 1. The highest BCUT2D eigenvalue weighted by molar-refractivity contribution is 6.05. The third-order valence-corrected chi connectivity index (χ3v) is 4.92. The number of ether oxygens (including phenoxy) is 2. The van der Waals surface area contributed by atoms with Gasteiger partial charge in [0.25, 0.3) is 5.91 Å². The second-order valence-electron chi connectivity index (χ2n) is 8.24. The molecule has 2 aromatic carbocycles. The fourth-order valence-electron chi connectivity index (χ4n) is 3.43. The number of carbonyl (C=O) groups is 1. The molecular weight excluding hydrogens is 445 g/mol. The fourth-order valence-corrected chi connectivity index (χ4v) is 3.43. The van der Waals surface area contributed by atoms with Crippen molar-refractivity contribution in [2.75, 3.05) is 5.32 Å². The number of aryl methyl sites for hydroxylation is 1. The number of alkyl halides is 3. The van der Waals surface area contributed by atoms with Gasteiger partial charge in [0.05, 0.1) is 29.0 Å². The summed E-state index contributed by atoms with van der Waals surface area (Å²) < 4.78 is 49.3. The van der Waals surface area contributed by atoms with Crippen LogP contribution < -0.4 is 10.1 Å². The SMILES string of the molecule is Cc1nc(CC(C)OC(C)C)ccc1C(=O)Nc1ccc(Oc2ccc(C(F)(F)F)cc2)cc1. The van der Waals surface area contributed by atoms with Gasteiger partial charge < -0.3 is 14.8 Å². The Labute approximate surface area is 196 Å². The van der Waals surface area contributed by atoms with Crippen LogP contribution in [0.25, 0.3) is 0 Å². The van der Waals surface area contributed by atoms with Gasteiger partial charge in [0.15, 0.2) is 0 Å². The van der Waals surface area contributed by atoms with Crippen LogP contribution in [-0.4, -0.2) is 23.1 Å². The number of carbonyl (C=O) groups excluding carboxylic acids is 1. The van der Waals surface area contributed by atoms with Crippen molar-refractivity contribution in [3.8, 4) is 11.5 Å². The molecule has 0 radical (unpaired) electrons. The lowest BCUT2D eigenvalue weighted by atomic mass is 10.1. The molecule has 3 aromatic rings. The highest BCUT2D eigenvalue weighted by Crippen LogP contribution is 2.31. The lowest BCUT2D eigenvalue weighted by Gasteiger charge is -2.16. The van der Waals surface area contributed by atoms with Crippen LogP contribution in [0.3, 0.4) is 0 Å². The Balaban J connectivity index is 1.60. The summed E-state index contributed by atoms with van der Waals surface area (Å²) >= 11 is 0. The van der Waals surface area contributed by atoms with Crippen LogP contribution in [0.4, 0.5) is 18.9 Å². The molecule has 3 rings (SSSR count). The molecule has 8 heteroatoms. The van der Waals surface area contributed by atoms with Crippen molar-refractivity contribution in [2.24, 2.45) is 0 Å². The number of rotatable bonds is 8. The Morgan fingerprint density at radius 1 is 0.941 bits per heavy atom. The molecule has 1 unspecified atom stereocenters. The molecule has 0 saturated carbocycles. The maximum absolute atomic E-state index is 12.7. The number of hydrogen-bond donors (Lipinski definition) is 1. The van der Waals surface area contributed by atoms with Gasteiger partial charge in [0.2, 0.25) is 0 Å². The van der Waals surface area contributed by atoms with Crippen molar-refractivity contribution in [2.45, 2.75) is 52.5 Å². The summed E-state index contributed by atoms with van der Waals surface area (Å²) in [5.74, 6) is 0.414. The highest BCUT2D eigenvalue weighted by atomic mass is 19.4. The lowest BCUT2D eigenvalue weighted by Crippen LogP contribution is -2.18. The summed E-state index contributed by atoms with van der Waals surface area (Å²) in [7, 11) is 0. The maximum atomic E-state index is 12.7. The summed E-state index contributed by atoms with van der Waals surface area (Å²) in [5, 5.41) is 2.82. The lowest BCUT2D eigenvalue weighted by molar-refractivity contribution is -0.137. The normalized spacial score (nSPS) is 12.5. The molecule has 1 heterocycles. The average Bonchev–Trinajstić information content (AvgIpc) is 2.74. The molecule has 1 N–H and O–H groups in total. The van der Waals surface area contributed by atoms with E-state index in [0.717, 1.165) is 17.8 Å². The smallest absolute Gasteiger partial charge is 0.416 e. The number of anilines is 1. The summed E-state index contributed by atoms with van der Waals surface area (Å²) in [5.41, 5.74) is 1.74. The molecule has 5 nitrogen and oxygen atoms in total. The number of pyridine rings is 1. The van der Waals surface area contributed by atoms with Gasteiger partial charge in [-0.05, 0) is 88.4 Å². The quantitative estimate of drug-likeness (QED) is 0.391. The molecule has 0 aliphatic rings. The Hall–Kier alpha value is -3.39. The average molecular weight is 473 g/mol. The minimum Gasteiger partial charge on any atom is -0.457 e. The zero-order valence-corrected chi connectivity index (χ0v) is 19.4. The van der Waals surface area contributed by atoms with Gasteiger partial charge in [-0.1, -0.05) is 0 Å². The zero-order chi connectivity index (χ0) is 24.9. The summed E-state index contributed by atoms with van der Waals surface area (Å²) in [4.78, 5) is 17.2. The van der Waals surface area contributed by atoms with Crippen LogP contribution in [0.5, 0.6) is 11.5 Å². The Kier molecular flexibility index (Phi) is 7.94. The van der Waals surface area contributed by atoms with Crippen molar-refractivity contribution >= 4 is 11.6 Å². The summed E-state index contributed by atoms with van der Waals surface area (Å²) in [6.45, 7) is 7.74. The van der Waals surface area contributed by atoms with Gasteiger partial charge in [0, 0.05) is 17.8 Å². The number of hydrogen-bond acceptors (Lipinski definition) is 4.